The molecule has 0 spiro atoms. The van der Waals surface area contributed by atoms with Gasteiger partial charge in [0.15, 0.2) is 0 Å². The molecule has 0 bridgehead atoms. The van der Waals surface area contributed by atoms with Gasteiger partial charge in [0, 0.05) is 17.8 Å². The van der Waals surface area contributed by atoms with Crippen LogP contribution in [-0.2, 0) is 13.1 Å². The first-order chi connectivity index (χ1) is 9.01. The van der Waals surface area contributed by atoms with Crippen molar-refractivity contribution in [1.29, 1.82) is 0 Å². The first kappa shape index (κ1) is 13.6. The lowest BCUT2D eigenvalue weighted by Crippen LogP contribution is -2.27. The van der Waals surface area contributed by atoms with Crippen molar-refractivity contribution in [3.8, 4) is 0 Å². The molecule has 0 atom stereocenters. The molecule has 0 unspecified atom stereocenters. The predicted molar refractivity (Wildman–Crippen MR) is 78.3 cm³/mol. The molecule has 2 N–H and O–H groups in total. The minimum absolute atomic E-state index is 0.0154. The topological polar surface area (TPSA) is 48.0 Å². The Balaban J connectivity index is 2.46. The van der Waals surface area contributed by atoms with E-state index in [1.54, 1.807) is 4.57 Å². The van der Waals surface area contributed by atoms with E-state index in [2.05, 4.69) is 32.0 Å². The van der Waals surface area contributed by atoms with E-state index in [0.717, 1.165) is 11.3 Å². The first-order valence-corrected chi connectivity index (χ1v) is 6.48. The molecule has 0 aliphatic heterocycles. The number of benzene rings is 1. The maximum atomic E-state index is 12.3. The van der Waals surface area contributed by atoms with E-state index >= 15 is 0 Å². The molecule has 0 amide bonds. The summed E-state index contributed by atoms with van der Waals surface area (Å²) >= 11 is 0. The fraction of sp³-hybridized carbons (Fsp3) is 0.312. The quantitative estimate of drug-likeness (QED) is 0.916. The Morgan fingerprint density at radius 1 is 1.05 bits per heavy atom. The van der Waals surface area contributed by atoms with Gasteiger partial charge < -0.3 is 10.3 Å². The van der Waals surface area contributed by atoms with Gasteiger partial charge >= 0.3 is 0 Å². The van der Waals surface area contributed by atoms with Crippen LogP contribution >= 0.6 is 0 Å². The van der Waals surface area contributed by atoms with Crippen LogP contribution in [0.4, 0.5) is 0 Å². The van der Waals surface area contributed by atoms with Gasteiger partial charge in [0.2, 0.25) is 0 Å². The molecule has 2 aromatic rings. The zero-order chi connectivity index (χ0) is 14.0. The number of nitrogens with two attached hydrogens (primary N) is 1. The van der Waals surface area contributed by atoms with Crippen molar-refractivity contribution < 1.29 is 0 Å². The van der Waals surface area contributed by atoms with Gasteiger partial charge in [-0.1, -0.05) is 35.4 Å². The fourth-order valence-electron chi connectivity index (χ4n) is 2.41. The van der Waals surface area contributed by atoms with Crippen LogP contribution in [0.2, 0.25) is 0 Å². The summed E-state index contributed by atoms with van der Waals surface area (Å²) in [6, 6.07) is 10.1. The molecule has 1 aromatic heterocycles. The molecule has 19 heavy (non-hydrogen) atoms. The van der Waals surface area contributed by atoms with Crippen molar-refractivity contribution in [3.63, 3.8) is 0 Å². The molecular formula is C16H20N2O. The Morgan fingerprint density at radius 3 is 2.26 bits per heavy atom. The molecule has 2 rings (SSSR count). The van der Waals surface area contributed by atoms with Gasteiger partial charge in [-0.2, -0.15) is 0 Å². The van der Waals surface area contributed by atoms with Gasteiger partial charge in [-0.05, 0) is 32.4 Å². The summed E-state index contributed by atoms with van der Waals surface area (Å²) < 4.78 is 1.79. The zero-order valence-corrected chi connectivity index (χ0v) is 11.7. The largest absolute Gasteiger partial charge is 0.326 e. The number of hydrogen-bond donors (Lipinski definition) is 1. The van der Waals surface area contributed by atoms with Crippen molar-refractivity contribution in [2.24, 2.45) is 5.73 Å². The minimum Gasteiger partial charge on any atom is -0.326 e. The van der Waals surface area contributed by atoms with Crippen LogP contribution in [0, 0.1) is 20.8 Å². The second-order valence-corrected chi connectivity index (χ2v) is 5.09. The highest BCUT2D eigenvalue weighted by molar-refractivity contribution is 5.29. The molecule has 100 valence electrons. The molecule has 1 aromatic carbocycles. The maximum Gasteiger partial charge on any atom is 0.255 e. The normalized spacial score (nSPS) is 10.7. The van der Waals surface area contributed by atoms with E-state index in [9.17, 15) is 4.79 Å². The number of pyridine rings is 1. The molecule has 0 radical (unpaired) electrons. The van der Waals surface area contributed by atoms with Crippen molar-refractivity contribution in [3.05, 3.63) is 68.6 Å². The Labute approximate surface area is 113 Å². The van der Waals surface area contributed by atoms with E-state index in [-0.39, 0.29) is 12.1 Å². The van der Waals surface area contributed by atoms with Crippen LogP contribution in [0.3, 0.4) is 0 Å². The average molecular weight is 256 g/mol. The summed E-state index contributed by atoms with van der Waals surface area (Å²) in [5.74, 6) is 0. The van der Waals surface area contributed by atoms with E-state index in [1.165, 1.54) is 11.1 Å². The lowest BCUT2D eigenvalue weighted by Gasteiger charge is -2.12. The van der Waals surface area contributed by atoms with Crippen LogP contribution in [0.1, 0.15) is 27.9 Å². The van der Waals surface area contributed by atoms with Crippen LogP contribution in [0.15, 0.2) is 35.1 Å². The summed E-state index contributed by atoms with van der Waals surface area (Å²) in [5, 5.41) is 0. The predicted octanol–water partition coefficient (Wildman–Crippen LogP) is 2.28. The third-order valence-electron chi connectivity index (χ3n) is 3.31. The van der Waals surface area contributed by atoms with Gasteiger partial charge in [0.05, 0.1) is 6.54 Å². The summed E-state index contributed by atoms with van der Waals surface area (Å²) in [7, 11) is 0. The lowest BCUT2D eigenvalue weighted by molar-refractivity contribution is 0.715. The molecule has 0 aliphatic rings. The van der Waals surface area contributed by atoms with Gasteiger partial charge in [-0.25, -0.2) is 0 Å². The number of nitrogens with zero attached hydrogens (tertiary/aromatic N) is 1. The number of aryl methyl sites for hydroxylation is 3. The molecule has 3 heteroatoms. The molecular weight excluding hydrogens is 236 g/mol. The Bertz CT molecular complexity index is 636. The third kappa shape index (κ3) is 2.93. The van der Waals surface area contributed by atoms with Crippen LogP contribution in [-0.4, -0.2) is 4.57 Å². The van der Waals surface area contributed by atoms with Gasteiger partial charge in [0.25, 0.3) is 5.56 Å². The first-order valence-electron chi connectivity index (χ1n) is 6.48. The van der Waals surface area contributed by atoms with Crippen molar-refractivity contribution in [2.75, 3.05) is 0 Å². The van der Waals surface area contributed by atoms with Crippen molar-refractivity contribution in [2.45, 2.75) is 33.9 Å². The van der Waals surface area contributed by atoms with Crippen LogP contribution in [0.5, 0.6) is 0 Å². The Morgan fingerprint density at radius 2 is 1.68 bits per heavy atom. The number of rotatable bonds is 3. The van der Waals surface area contributed by atoms with E-state index < -0.39 is 0 Å². The van der Waals surface area contributed by atoms with E-state index in [0.29, 0.717) is 12.1 Å². The van der Waals surface area contributed by atoms with Gasteiger partial charge in [-0.3, -0.25) is 4.79 Å². The SMILES string of the molecule is Cc1cc(C)cc(Cn2c(C)ccc(CN)c2=O)c1. The van der Waals surface area contributed by atoms with Crippen molar-refractivity contribution in [1.82, 2.24) is 4.57 Å². The van der Waals surface area contributed by atoms with E-state index in [4.69, 9.17) is 5.73 Å². The summed E-state index contributed by atoms with van der Waals surface area (Å²) in [6.07, 6.45) is 0. The highest BCUT2D eigenvalue weighted by atomic mass is 16.1. The third-order valence-corrected chi connectivity index (χ3v) is 3.31. The molecule has 0 aliphatic carbocycles. The molecule has 0 saturated heterocycles. The Kier molecular flexibility index (Phi) is 3.86. The monoisotopic (exact) mass is 256 g/mol. The smallest absolute Gasteiger partial charge is 0.255 e. The van der Waals surface area contributed by atoms with Crippen LogP contribution < -0.4 is 11.3 Å². The molecule has 1 heterocycles. The maximum absolute atomic E-state index is 12.3. The zero-order valence-electron chi connectivity index (χ0n) is 11.7. The second kappa shape index (κ2) is 5.41. The number of hydrogen-bond acceptors (Lipinski definition) is 2. The molecule has 0 fully saturated rings. The molecule has 3 nitrogen and oxygen atoms in total. The Hall–Kier alpha value is -1.87. The van der Waals surface area contributed by atoms with Gasteiger partial charge in [0.1, 0.15) is 0 Å². The second-order valence-electron chi connectivity index (χ2n) is 5.09. The standard InChI is InChI=1S/C16H20N2O/c1-11-6-12(2)8-14(7-11)10-18-13(3)4-5-15(9-17)16(18)19/h4-8H,9-10,17H2,1-3H3. The van der Waals surface area contributed by atoms with Gasteiger partial charge in [-0.15, -0.1) is 0 Å². The minimum atomic E-state index is 0.0154. The highest BCUT2D eigenvalue weighted by Crippen LogP contribution is 2.11. The summed E-state index contributed by atoms with van der Waals surface area (Å²) in [4.78, 5) is 12.3. The van der Waals surface area contributed by atoms with E-state index in [1.807, 2.05) is 19.1 Å². The van der Waals surface area contributed by atoms with Crippen molar-refractivity contribution >= 4 is 0 Å². The lowest BCUT2D eigenvalue weighted by atomic mass is 10.1. The fourth-order valence-corrected chi connectivity index (χ4v) is 2.41. The average Bonchev–Trinajstić information content (AvgIpc) is 2.33. The highest BCUT2D eigenvalue weighted by Gasteiger charge is 2.06. The van der Waals surface area contributed by atoms with Crippen LogP contribution in [0.25, 0.3) is 0 Å². The number of aromatic nitrogens is 1. The molecule has 0 saturated carbocycles. The summed E-state index contributed by atoms with van der Waals surface area (Å²) in [5.41, 5.74) is 10.8. The summed E-state index contributed by atoms with van der Waals surface area (Å²) in [6.45, 7) is 6.97.